The van der Waals surface area contributed by atoms with Crippen LogP contribution in [0, 0.1) is 0 Å². The van der Waals surface area contributed by atoms with Crippen LogP contribution in [0.15, 0.2) is 18.2 Å². The first-order valence-electron chi connectivity index (χ1n) is 5.92. The Morgan fingerprint density at radius 1 is 1.40 bits per heavy atom. The SMILES string of the molecule is CCC(=O)Nc1cc(-c2nnn(C)n2)ccc1C(=O)O. The van der Waals surface area contributed by atoms with Gasteiger partial charge in [-0.2, -0.15) is 4.80 Å². The van der Waals surface area contributed by atoms with E-state index in [9.17, 15) is 9.59 Å². The fourth-order valence-electron chi connectivity index (χ4n) is 1.61. The third kappa shape index (κ3) is 2.79. The van der Waals surface area contributed by atoms with Gasteiger partial charge in [0.25, 0.3) is 0 Å². The number of tetrazole rings is 1. The van der Waals surface area contributed by atoms with Gasteiger partial charge < -0.3 is 10.4 Å². The van der Waals surface area contributed by atoms with Crippen LogP contribution in [0.25, 0.3) is 11.4 Å². The van der Waals surface area contributed by atoms with Crippen LogP contribution in [0.1, 0.15) is 23.7 Å². The lowest BCUT2D eigenvalue weighted by Crippen LogP contribution is -2.13. The Balaban J connectivity index is 2.44. The van der Waals surface area contributed by atoms with Gasteiger partial charge in [0.2, 0.25) is 11.7 Å². The van der Waals surface area contributed by atoms with E-state index in [1.54, 1.807) is 20.0 Å². The van der Waals surface area contributed by atoms with E-state index in [1.807, 2.05) is 0 Å². The highest BCUT2D eigenvalue weighted by atomic mass is 16.4. The van der Waals surface area contributed by atoms with Crippen molar-refractivity contribution >= 4 is 17.6 Å². The maximum atomic E-state index is 11.5. The molecular formula is C12H13N5O3. The van der Waals surface area contributed by atoms with Gasteiger partial charge in [0, 0.05) is 12.0 Å². The van der Waals surface area contributed by atoms with Crippen molar-refractivity contribution in [3.8, 4) is 11.4 Å². The number of aromatic nitrogens is 4. The number of rotatable bonds is 4. The molecule has 2 rings (SSSR count). The topological polar surface area (TPSA) is 110 Å². The normalized spacial score (nSPS) is 10.3. The Hall–Kier alpha value is -2.77. The molecule has 0 radical (unpaired) electrons. The number of hydrogen-bond acceptors (Lipinski definition) is 5. The van der Waals surface area contributed by atoms with Crippen molar-refractivity contribution in [3.05, 3.63) is 23.8 Å². The van der Waals surface area contributed by atoms with Crippen LogP contribution in [0.5, 0.6) is 0 Å². The molecule has 8 nitrogen and oxygen atoms in total. The number of carboxylic acids is 1. The summed E-state index contributed by atoms with van der Waals surface area (Å²) in [7, 11) is 1.63. The van der Waals surface area contributed by atoms with Crippen LogP contribution in [-0.4, -0.2) is 37.2 Å². The Bertz CT molecular complexity index is 665. The summed E-state index contributed by atoms with van der Waals surface area (Å²) >= 11 is 0. The number of hydrogen-bond donors (Lipinski definition) is 2. The number of aryl methyl sites for hydroxylation is 1. The number of nitrogens with zero attached hydrogens (tertiary/aromatic N) is 4. The number of carboxylic acid groups (broad SMARTS) is 1. The summed E-state index contributed by atoms with van der Waals surface area (Å²) in [6, 6.07) is 4.50. The number of aromatic carboxylic acids is 1. The van der Waals surface area contributed by atoms with E-state index < -0.39 is 5.97 Å². The van der Waals surface area contributed by atoms with Gasteiger partial charge in [-0.15, -0.1) is 10.2 Å². The summed E-state index contributed by atoms with van der Waals surface area (Å²) in [6.45, 7) is 1.68. The molecule has 104 valence electrons. The van der Waals surface area contributed by atoms with Gasteiger partial charge >= 0.3 is 5.97 Å². The molecule has 1 aromatic heterocycles. The molecule has 0 aliphatic carbocycles. The molecule has 1 aromatic carbocycles. The summed E-state index contributed by atoms with van der Waals surface area (Å²) in [5.41, 5.74) is 0.809. The molecule has 0 unspecified atom stereocenters. The Kier molecular flexibility index (Phi) is 3.74. The highest BCUT2D eigenvalue weighted by Crippen LogP contribution is 2.23. The second-order valence-electron chi connectivity index (χ2n) is 4.07. The van der Waals surface area contributed by atoms with E-state index in [-0.39, 0.29) is 23.6 Å². The maximum absolute atomic E-state index is 11.5. The minimum atomic E-state index is -1.12. The Morgan fingerprint density at radius 3 is 2.70 bits per heavy atom. The lowest BCUT2D eigenvalue weighted by atomic mass is 10.1. The molecule has 0 saturated heterocycles. The van der Waals surface area contributed by atoms with Gasteiger partial charge in [-0.25, -0.2) is 4.79 Å². The minimum absolute atomic E-state index is 0.0134. The number of amides is 1. The largest absolute Gasteiger partial charge is 0.478 e. The van der Waals surface area contributed by atoms with Crippen molar-refractivity contribution in [3.63, 3.8) is 0 Å². The van der Waals surface area contributed by atoms with Gasteiger partial charge in [-0.05, 0) is 17.3 Å². The average Bonchev–Trinajstić information content (AvgIpc) is 2.85. The molecule has 0 bridgehead atoms. The molecule has 1 heterocycles. The van der Waals surface area contributed by atoms with Gasteiger partial charge in [-0.3, -0.25) is 4.79 Å². The van der Waals surface area contributed by atoms with E-state index in [2.05, 4.69) is 20.7 Å². The zero-order valence-electron chi connectivity index (χ0n) is 11.0. The Morgan fingerprint density at radius 2 is 2.15 bits per heavy atom. The molecule has 8 heteroatoms. The number of benzene rings is 1. The fourth-order valence-corrected chi connectivity index (χ4v) is 1.61. The first kappa shape index (κ1) is 13.7. The fraction of sp³-hybridized carbons (Fsp3) is 0.250. The van der Waals surface area contributed by atoms with E-state index >= 15 is 0 Å². The molecule has 2 N–H and O–H groups in total. The predicted molar refractivity (Wildman–Crippen MR) is 70.1 cm³/mol. The standard InChI is InChI=1S/C12H13N5O3/c1-3-10(18)13-9-6-7(4-5-8(9)12(19)20)11-14-16-17(2)15-11/h4-6H,3H2,1-2H3,(H,13,18)(H,19,20). The average molecular weight is 275 g/mol. The van der Waals surface area contributed by atoms with Gasteiger partial charge in [0.05, 0.1) is 18.3 Å². The number of carbonyl (C=O) groups is 2. The molecule has 0 saturated carbocycles. The zero-order valence-corrected chi connectivity index (χ0v) is 11.0. The smallest absolute Gasteiger partial charge is 0.337 e. The van der Waals surface area contributed by atoms with Crippen LogP contribution in [0.2, 0.25) is 0 Å². The molecule has 2 aromatic rings. The molecule has 0 atom stereocenters. The van der Waals surface area contributed by atoms with Crippen molar-refractivity contribution in [1.29, 1.82) is 0 Å². The van der Waals surface area contributed by atoms with E-state index in [0.29, 0.717) is 11.4 Å². The molecule has 20 heavy (non-hydrogen) atoms. The first-order valence-corrected chi connectivity index (χ1v) is 5.92. The maximum Gasteiger partial charge on any atom is 0.337 e. The van der Waals surface area contributed by atoms with Crippen molar-refractivity contribution in [1.82, 2.24) is 20.2 Å². The molecule has 0 fully saturated rings. The lowest BCUT2D eigenvalue weighted by molar-refractivity contribution is -0.115. The van der Waals surface area contributed by atoms with E-state index in [0.717, 1.165) is 0 Å². The number of carbonyl (C=O) groups excluding carboxylic acids is 1. The van der Waals surface area contributed by atoms with Crippen molar-refractivity contribution in [2.24, 2.45) is 7.05 Å². The van der Waals surface area contributed by atoms with Crippen LogP contribution in [0.3, 0.4) is 0 Å². The molecule has 0 aliphatic heterocycles. The summed E-state index contributed by atoms with van der Waals surface area (Å²) in [6.07, 6.45) is 0.257. The number of anilines is 1. The van der Waals surface area contributed by atoms with Gasteiger partial charge in [0.1, 0.15) is 0 Å². The van der Waals surface area contributed by atoms with Crippen LogP contribution < -0.4 is 5.32 Å². The van der Waals surface area contributed by atoms with Crippen LogP contribution in [0.4, 0.5) is 5.69 Å². The summed E-state index contributed by atoms with van der Waals surface area (Å²) in [4.78, 5) is 23.9. The van der Waals surface area contributed by atoms with E-state index in [4.69, 9.17) is 5.11 Å². The zero-order chi connectivity index (χ0) is 14.7. The van der Waals surface area contributed by atoms with Crippen molar-refractivity contribution in [2.45, 2.75) is 13.3 Å². The molecule has 0 spiro atoms. The Labute approximate surface area is 114 Å². The van der Waals surface area contributed by atoms with Crippen LogP contribution >= 0.6 is 0 Å². The third-order valence-electron chi connectivity index (χ3n) is 2.61. The van der Waals surface area contributed by atoms with Crippen molar-refractivity contribution in [2.75, 3.05) is 5.32 Å². The van der Waals surface area contributed by atoms with Gasteiger partial charge in [0.15, 0.2) is 0 Å². The molecule has 0 aliphatic rings. The monoisotopic (exact) mass is 275 g/mol. The number of nitrogens with one attached hydrogen (secondary N) is 1. The highest BCUT2D eigenvalue weighted by Gasteiger charge is 2.14. The highest BCUT2D eigenvalue weighted by molar-refractivity contribution is 6.01. The second-order valence-corrected chi connectivity index (χ2v) is 4.07. The van der Waals surface area contributed by atoms with E-state index in [1.165, 1.54) is 16.9 Å². The summed E-state index contributed by atoms with van der Waals surface area (Å²) in [5.74, 6) is -1.02. The summed E-state index contributed by atoms with van der Waals surface area (Å²) in [5, 5.41) is 23.3. The summed E-state index contributed by atoms with van der Waals surface area (Å²) < 4.78 is 0. The lowest BCUT2D eigenvalue weighted by Gasteiger charge is -2.08. The third-order valence-corrected chi connectivity index (χ3v) is 2.61. The molecular weight excluding hydrogens is 262 g/mol. The van der Waals surface area contributed by atoms with Crippen LogP contribution in [-0.2, 0) is 11.8 Å². The molecule has 1 amide bonds. The quantitative estimate of drug-likeness (QED) is 0.858. The van der Waals surface area contributed by atoms with Gasteiger partial charge in [-0.1, -0.05) is 13.0 Å². The minimum Gasteiger partial charge on any atom is -0.478 e. The predicted octanol–water partition coefficient (Wildman–Crippen LogP) is 0.924. The second kappa shape index (κ2) is 5.47. The first-order chi connectivity index (χ1) is 9.51. The van der Waals surface area contributed by atoms with Crippen molar-refractivity contribution < 1.29 is 14.7 Å².